The van der Waals surface area contributed by atoms with E-state index in [1.54, 1.807) is 12.1 Å². The van der Waals surface area contributed by atoms with Gasteiger partial charge in [-0.2, -0.15) is 0 Å². The van der Waals surface area contributed by atoms with Crippen molar-refractivity contribution in [3.05, 3.63) is 54.1 Å². The van der Waals surface area contributed by atoms with Gasteiger partial charge in [0.05, 0.1) is 12.5 Å². The molecule has 122 valence electrons. The maximum absolute atomic E-state index is 11.7. The summed E-state index contributed by atoms with van der Waals surface area (Å²) >= 11 is 0. The zero-order valence-corrected chi connectivity index (χ0v) is 12.8. The minimum Gasteiger partial charge on any atom is -0.481 e. The van der Waals surface area contributed by atoms with E-state index >= 15 is 0 Å². The molecule has 0 bridgehead atoms. The Bertz CT molecular complexity index is 606. The zero-order chi connectivity index (χ0) is 17.2. The Labute approximate surface area is 135 Å². The standard InChI is InChI=1S/C17H21N3O3/c1-2-14(11-16(22)23)20-15(21)6-4-3-5-12-7-9-13(10-8-12)17(18)19/h2-3,5,7-10,14H,1,4,6,11H2,(H3,18,19)(H,20,21)(H,22,23)/b5-3+/t14-/m1/s1. The summed E-state index contributed by atoms with van der Waals surface area (Å²) in [4.78, 5) is 22.3. The number of carboxylic acid groups (broad SMARTS) is 1. The lowest BCUT2D eigenvalue weighted by atomic mass is 10.1. The van der Waals surface area contributed by atoms with Crippen LogP contribution in [0.3, 0.4) is 0 Å². The summed E-state index contributed by atoms with van der Waals surface area (Å²) in [6.07, 6.45) is 5.79. The van der Waals surface area contributed by atoms with Gasteiger partial charge in [0.25, 0.3) is 0 Å². The van der Waals surface area contributed by atoms with Crippen LogP contribution < -0.4 is 11.1 Å². The minimum atomic E-state index is -0.982. The number of amides is 1. The fourth-order valence-electron chi connectivity index (χ4n) is 1.87. The van der Waals surface area contributed by atoms with Gasteiger partial charge in [0.15, 0.2) is 0 Å². The molecule has 0 aromatic heterocycles. The lowest BCUT2D eigenvalue weighted by molar-refractivity contribution is -0.137. The molecule has 1 rings (SSSR count). The molecule has 0 unspecified atom stereocenters. The van der Waals surface area contributed by atoms with Gasteiger partial charge in [0, 0.05) is 12.0 Å². The molecule has 5 N–H and O–H groups in total. The number of benzene rings is 1. The van der Waals surface area contributed by atoms with Gasteiger partial charge < -0.3 is 16.2 Å². The Morgan fingerprint density at radius 1 is 1.35 bits per heavy atom. The molecule has 0 saturated carbocycles. The first-order valence-electron chi connectivity index (χ1n) is 7.17. The summed E-state index contributed by atoms with van der Waals surface area (Å²) in [6, 6.07) is 6.65. The fourth-order valence-corrected chi connectivity index (χ4v) is 1.87. The Morgan fingerprint density at radius 3 is 2.52 bits per heavy atom. The normalized spacial score (nSPS) is 11.8. The van der Waals surface area contributed by atoms with Crippen molar-refractivity contribution in [2.24, 2.45) is 5.73 Å². The second-order valence-electron chi connectivity index (χ2n) is 4.98. The van der Waals surface area contributed by atoms with E-state index in [9.17, 15) is 9.59 Å². The van der Waals surface area contributed by atoms with E-state index in [4.69, 9.17) is 16.2 Å². The van der Waals surface area contributed by atoms with Crippen molar-refractivity contribution >= 4 is 23.8 Å². The van der Waals surface area contributed by atoms with Gasteiger partial charge in [-0.1, -0.05) is 42.5 Å². The van der Waals surface area contributed by atoms with E-state index in [0.717, 1.165) is 5.56 Å². The van der Waals surface area contributed by atoms with Crippen LogP contribution in [0.5, 0.6) is 0 Å². The van der Waals surface area contributed by atoms with E-state index < -0.39 is 12.0 Å². The fraction of sp³-hybridized carbons (Fsp3) is 0.235. The van der Waals surface area contributed by atoms with Gasteiger partial charge in [-0.05, 0) is 12.0 Å². The van der Waals surface area contributed by atoms with E-state index in [-0.39, 0.29) is 24.6 Å². The number of carboxylic acids is 1. The predicted molar refractivity (Wildman–Crippen MR) is 90.1 cm³/mol. The van der Waals surface area contributed by atoms with Gasteiger partial charge >= 0.3 is 5.97 Å². The monoisotopic (exact) mass is 315 g/mol. The van der Waals surface area contributed by atoms with Crippen LogP contribution in [0.25, 0.3) is 6.08 Å². The second kappa shape index (κ2) is 9.19. The van der Waals surface area contributed by atoms with E-state index in [1.807, 2.05) is 24.3 Å². The number of amidine groups is 1. The van der Waals surface area contributed by atoms with Crippen molar-refractivity contribution < 1.29 is 14.7 Å². The maximum Gasteiger partial charge on any atom is 0.305 e. The number of allylic oxidation sites excluding steroid dienone is 1. The molecule has 1 amide bonds. The average molecular weight is 315 g/mol. The van der Waals surface area contributed by atoms with Crippen LogP contribution in [-0.2, 0) is 9.59 Å². The Balaban J connectivity index is 2.40. The Morgan fingerprint density at radius 2 is 2.00 bits per heavy atom. The number of carbonyl (C=O) groups is 2. The number of nitrogens with two attached hydrogens (primary N) is 1. The molecular weight excluding hydrogens is 294 g/mol. The van der Waals surface area contributed by atoms with Gasteiger partial charge in [0.2, 0.25) is 5.91 Å². The third-order valence-corrected chi connectivity index (χ3v) is 3.10. The Hall–Kier alpha value is -2.89. The molecule has 0 saturated heterocycles. The molecule has 0 spiro atoms. The summed E-state index contributed by atoms with van der Waals surface area (Å²) in [5.74, 6) is -1.17. The van der Waals surface area contributed by atoms with Crippen molar-refractivity contribution in [1.82, 2.24) is 5.32 Å². The first-order chi connectivity index (χ1) is 10.9. The van der Waals surface area contributed by atoms with E-state index in [0.29, 0.717) is 12.0 Å². The average Bonchev–Trinajstić information content (AvgIpc) is 2.50. The Kier molecular flexibility index (Phi) is 7.26. The van der Waals surface area contributed by atoms with Crippen LogP contribution in [0, 0.1) is 5.41 Å². The topological polar surface area (TPSA) is 116 Å². The largest absolute Gasteiger partial charge is 0.481 e. The summed E-state index contributed by atoms with van der Waals surface area (Å²) < 4.78 is 0. The van der Waals surface area contributed by atoms with Crippen molar-refractivity contribution in [3.63, 3.8) is 0 Å². The zero-order valence-electron chi connectivity index (χ0n) is 12.8. The third-order valence-electron chi connectivity index (χ3n) is 3.10. The summed E-state index contributed by atoms with van der Waals surface area (Å²) in [5.41, 5.74) is 6.99. The first kappa shape index (κ1) is 18.2. The highest BCUT2D eigenvalue weighted by atomic mass is 16.4. The lowest BCUT2D eigenvalue weighted by Crippen LogP contribution is -2.34. The molecule has 6 nitrogen and oxygen atoms in total. The van der Waals surface area contributed by atoms with Crippen molar-refractivity contribution in [3.8, 4) is 0 Å². The second-order valence-corrected chi connectivity index (χ2v) is 4.98. The first-order valence-corrected chi connectivity index (χ1v) is 7.17. The van der Waals surface area contributed by atoms with Crippen LogP contribution in [-0.4, -0.2) is 28.9 Å². The molecule has 0 radical (unpaired) electrons. The molecule has 23 heavy (non-hydrogen) atoms. The number of rotatable bonds is 9. The highest BCUT2D eigenvalue weighted by molar-refractivity contribution is 5.95. The van der Waals surface area contributed by atoms with Crippen LogP contribution in [0.4, 0.5) is 0 Å². The van der Waals surface area contributed by atoms with Crippen LogP contribution >= 0.6 is 0 Å². The third kappa shape index (κ3) is 7.08. The quantitative estimate of drug-likeness (QED) is 0.316. The molecule has 0 aliphatic carbocycles. The molecule has 0 fully saturated rings. The minimum absolute atomic E-state index is 0.0235. The molecule has 1 aromatic rings. The predicted octanol–water partition coefficient (Wildman–Crippen LogP) is 1.91. The molecule has 0 aliphatic heterocycles. The van der Waals surface area contributed by atoms with E-state index in [1.165, 1.54) is 6.08 Å². The summed E-state index contributed by atoms with van der Waals surface area (Å²) in [5, 5.41) is 18.6. The number of hydrogen-bond acceptors (Lipinski definition) is 3. The van der Waals surface area contributed by atoms with E-state index in [2.05, 4.69) is 11.9 Å². The smallest absolute Gasteiger partial charge is 0.305 e. The van der Waals surface area contributed by atoms with Crippen LogP contribution in [0.2, 0.25) is 0 Å². The highest BCUT2D eigenvalue weighted by Gasteiger charge is 2.11. The SMILES string of the molecule is C=C[C@H](CC(=O)O)NC(=O)CC/C=C/c1ccc(C(=N)N)cc1. The number of hydrogen-bond donors (Lipinski definition) is 4. The maximum atomic E-state index is 11.7. The van der Waals surface area contributed by atoms with Crippen LogP contribution in [0.15, 0.2) is 43.0 Å². The highest BCUT2D eigenvalue weighted by Crippen LogP contribution is 2.07. The number of aliphatic carboxylic acids is 1. The molecule has 1 atom stereocenters. The molecular formula is C17H21N3O3. The van der Waals surface area contributed by atoms with Gasteiger partial charge in [0.1, 0.15) is 5.84 Å². The number of nitrogens with one attached hydrogen (secondary N) is 2. The van der Waals surface area contributed by atoms with Crippen molar-refractivity contribution in [2.75, 3.05) is 0 Å². The number of nitrogen functional groups attached to an aromatic ring is 1. The van der Waals surface area contributed by atoms with Gasteiger partial charge in [-0.15, -0.1) is 6.58 Å². The molecule has 0 heterocycles. The van der Waals surface area contributed by atoms with Crippen molar-refractivity contribution in [1.29, 1.82) is 5.41 Å². The molecule has 6 heteroatoms. The summed E-state index contributed by atoms with van der Waals surface area (Å²) in [7, 11) is 0. The summed E-state index contributed by atoms with van der Waals surface area (Å²) in [6.45, 7) is 3.51. The molecule has 1 aromatic carbocycles. The van der Waals surface area contributed by atoms with Gasteiger partial charge in [-0.25, -0.2) is 0 Å². The number of carbonyl (C=O) groups excluding carboxylic acids is 1. The molecule has 0 aliphatic rings. The van der Waals surface area contributed by atoms with Crippen LogP contribution in [0.1, 0.15) is 30.4 Å². The van der Waals surface area contributed by atoms with Gasteiger partial charge in [-0.3, -0.25) is 15.0 Å². The lowest BCUT2D eigenvalue weighted by Gasteiger charge is -2.11. The van der Waals surface area contributed by atoms with Crippen molar-refractivity contribution in [2.45, 2.75) is 25.3 Å².